The van der Waals surface area contributed by atoms with E-state index in [1.54, 1.807) is 36.4 Å². The summed E-state index contributed by atoms with van der Waals surface area (Å²) in [6, 6.07) is 14.7. The zero-order valence-electron chi connectivity index (χ0n) is 21.9. The van der Waals surface area contributed by atoms with E-state index in [0.29, 0.717) is 17.2 Å². The van der Waals surface area contributed by atoms with Crippen molar-refractivity contribution in [1.82, 2.24) is 9.03 Å². The Labute approximate surface area is 229 Å². The van der Waals surface area contributed by atoms with Crippen molar-refractivity contribution in [2.45, 2.75) is 55.0 Å². The molecule has 39 heavy (non-hydrogen) atoms. The van der Waals surface area contributed by atoms with Crippen molar-refractivity contribution in [2.75, 3.05) is 19.0 Å². The Morgan fingerprint density at radius 3 is 2.26 bits per heavy atom. The number of ether oxygens (including phenoxy) is 1. The predicted molar refractivity (Wildman–Crippen MR) is 146 cm³/mol. The number of sulfonamides is 2. The number of rotatable bonds is 11. The van der Waals surface area contributed by atoms with Crippen LogP contribution < -0.4 is 14.8 Å². The highest BCUT2D eigenvalue weighted by atomic mass is 32.2. The molecule has 0 spiro atoms. The molecule has 4 rings (SSSR count). The molecule has 1 amide bonds. The molecule has 0 radical (unpaired) electrons. The number of hydrogen-bond donors (Lipinski definition) is 2. The van der Waals surface area contributed by atoms with Gasteiger partial charge in [-0.2, -0.15) is 4.31 Å². The third kappa shape index (κ3) is 7.27. The molecule has 1 aliphatic rings. The van der Waals surface area contributed by atoms with Gasteiger partial charge in [0.1, 0.15) is 11.5 Å². The molecule has 0 bridgehead atoms. The summed E-state index contributed by atoms with van der Waals surface area (Å²) in [5, 5.41) is 2.68. The van der Waals surface area contributed by atoms with Crippen LogP contribution in [-0.4, -0.2) is 46.7 Å². The molecule has 1 aromatic heterocycles. The normalized spacial score (nSPS) is 18.1. The van der Waals surface area contributed by atoms with Crippen LogP contribution in [0.1, 0.15) is 38.4 Å². The van der Waals surface area contributed by atoms with E-state index in [2.05, 4.69) is 10.0 Å². The third-order valence-corrected chi connectivity index (χ3v) is 10.1. The van der Waals surface area contributed by atoms with Gasteiger partial charge in [0.25, 0.3) is 0 Å². The van der Waals surface area contributed by atoms with Gasteiger partial charge in [-0.1, -0.05) is 19.8 Å². The summed E-state index contributed by atoms with van der Waals surface area (Å²) in [6.07, 6.45) is 5.19. The maximum absolute atomic E-state index is 13.6. The van der Waals surface area contributed by atoms with Gasteiger partial charge in [0.2, 0.25) is 26.0 Å². The van der Waals surface area contributed by atoms with Crippen LogP contribution >= 0.6 is 0 Å². The average molecular weight is 576 g/mol. The van der Waals surface area contributed by atoms with E-state index in [1.807, 2.05) is 6.92 Å². The Hall–Kier alpha value is -3.19. The number of furan rings is 1. The van der Waals surface area contributed by atoms with Crippen molar-refractivity contribution >= 4 is 31.6 Å². The maximum atomic E-state index is 13.6. The summed E-state index contributed by atoms with van der Waals surface area (Å²) in [6.45, 7) is 1.35. The molecule has 1 aliphatic carbocycles. The van der Waals surface area contributed by atoms with E-state index in [-0.39, 0.29) is 28.3 Å². The molecule has 0 saturated heterocycles. The van der Waals surface area contributed by atoms with Gasteiger partial charge in [-0.15, -0.1) is 0 Å². The standard InChI is InChI=1S/C27H33N3O7S2/c1-20-6-3-4-8-26(20)29-38(32,33)24-13-15-25(16-14-24)39(34,35)30(18-23-7-5-17-37-23)19-27(31)28-21-9-11-22(36-2)12-10-21/h5,7,9-17,20,26,29H,3-4,6,8,18-19H2,1-2H3,(H,28,31)/t20-,26-/m0/s1. The summed E-state index contributed by atoms with van der Waals surface area (Å²) < 4.78 is 67.3. The molecule has 210 valence electrons. The number of methoxy groups -OCH3 is 1. The topological polar surface area (TPSA) is 135 Å². The molecular weight excluding hydrogens is 542 g/mol. The number of nitrogens with one attached hydrogen (secondary N) is 2. The minimum Gasteiger partial charge on any atom is -0.497 e. The van der Waals surface area contributed by atoms with Gasteiger partial charge in [0.15, 0.2) is 0 Å². The number of carbonyl (C=O) groups is 1. The molecule has 2 atom stereocenters. The van der Waals surface area contributed by atoms with Crippen molar-refractivity contribution in [3.05, 3.63) is 72.7 Å². The SMILES string of the molecule is COc1ccc(NC(=O)CN(Cc2ccco2)S(=O)(=O)c2ccc(S(=O)(=O)N[C@H]3CCCC[C@@H]3C)cc2)cc1. The van der Waals surface area contributed by atoms with Crippen LogP contribution in [0.3, 0.4) is 0 Å². The second-order valence-electron chi connectivity index (χ2n) is 9.59. The van der Waals surface area contributed by atoms with E-state index < -0.39 is 32.5 Å². The fourth-order valence-corrected chi connectivity index (χ4v) is 7.28. The summed E-state index contributed by atoms with van der Waals surface area (Å²) in [7, 11) is -6.49. The monoisotopic (exact) mass is 575 g/mol. The number of anilines is 1. The molecule has 2 aromatic carbocycles. The van der Waals surface area contributed by atoms with Crippen LogP contribution in [0.15, 0.2) is 81.1 Å². The molecule has 3 aromatic rings. The molecule has 10 nitrogen and oxygen atoms in total. The molecule has 12 heteroatoms. The Morgan fingerprint density at radius 2 is 1.64 bits per heavy atom. The van der Waals surface area contributed by atoms with Crippen LogP contribution in [0.2, 0.25) is 0 Å². The van der Waals surface area contributed by atoms with Gasteiger partial charge >= 0.3 is 0 Å². The lowest BCUT2D eigenvalue weighted by Gasteiger charge is -2.29. The van der Waals surface area contributed by atoms with Crippen molar-refractivity contribution < 1.29 is 30.8 Å². The molecular formula is C27H33N3O7S2. The summed E-state index contributed by atoms with van der Waals surface area (Å²) >= 11 is 0. The number of nitrogens with zero attached hydrogens (tertiary/aromatic N) is 1. The third-order valence-electron chi connectivity index (χ3n) is 6.80. The molecule has 0 unspecified atom stereocenters. The van der Waals surface area contributed by atoms with Gasteiger partial charge in [0.05, 0.1) is 36.3 Å². The van der Waals surface area contributed by atoms with Crippen LogP contribution in [0.5, 0.6) is 5.75 Å². The molecule has 2 N–H and O–H groups in total. The lowest BCUT2D eigenvalue weighted by molar-refractivity contribution is -0.116. The van der Waals surface area contributed by atoms with E-state index in [9.17, 15) is 21.6 Å². The fourth-order valence-electron chi connectivity index (χ4n) is 4.54. The van der Waals surface area contributed by atoms with Crippen LogP contribution in [0, 0.1) is 5.92 Å². The first-order valence-corrected chi connectivity index (χ1v) is 15.6. The Bertz CT molecular complexity index is 1450. The minimum atomic E-state index is -4.20. The zero-order chi connectivity index (χ0) is 28.0. The van der Waals surface area contributed by atoms with Crippen molar-refractivity contribution in [3.8, 4) is 5.75 Å². The van der Waals surface area contributed by atoms with Crippen molar-refractivity contribution in [2.24, 2.45) is 5.92 Å². The van der Waals surface area contributed by atoms with Crippen LogP contribution in [0.25, 0.3) is 0 Å². The van der Waals surface area contributed by atoms with Gasteiger partial charge in [-0.25, -0.2) is 21.6 Å². The highest BCUT2D eigenvalue weighted by Gasteiger charge is 2.30. The molecule has 0 aliphatic heterocycles. The van der Waals surface area contributed by atoms with Crippen LogP contribution in [-0.2, 0) is 31.4 Å². The maximum Gasteiger partial charge on any atom is 0.243 e. The zero-order valence-corrected chi connectivity index (χ0v) is 23.5. The highest BCUT2D eigenvalue weighted by Crippen LogP contribution is 2.26. The Morgan fingerprint density at radius 1 is 0.974 bits per heavy atom. The smallest absolute Gasteiger partial charge is 0.243 e. The first kappa shape index (κ1) is 28.8. The first-order valence-electron chi connectivity index (χ1n) is 12.7. The molecule has 1 fully saturated rings. The van der Waals surface area contributed by atoms with Crippen molar-refractivity contribution in [3.63, 3.8) is 0 Å². The first-order chi connectivity index (χ1) is 18.6. The average Bonchev–Trinajstić information content (AvgIpc) is 3.43. The lowest BCUT2D eigenvalue weighted by Crippen LogP contribution is -2.41. The minimum absolute atomic E-state index is 0.0194. The quantitative estimate of drug-likeness (QED) is 0.353. The van der Waals surface area contributed by atoms with Gasteiger partial charge in [-0.05, 0) is 79.4 Å². The van der Waals surface area contributed by atoms with Gasteiger partial charge in [0, 0.05) is 11.7 Å². The lowest BCUT2D eigenvalue weighted by atomic mass is 9.87. The van der Waals surface area contributed by atoms with Gasteiger partial charge < -0.3 is 14.5 Å². The van der Waals surface area contributed by atoms with E-state index in [4.69, 9.17) is 9.15 Å². The largest absolute Gasteiger partial charge is 0.497 e. The second-order valence-corrected chi connectivity index (χ2v) is 13.2. The van der Waals surface area contributed by atoms with Crippen LogP contribution in [0.4, 0.5) is 5.69 Å². The van der Waals surface area contributed by atoms with E-state index in [0.717, 1.165) is 30.0 Å². The number of hydrogen-bond acceptors (Lipinski definition) is 7. The summed E-state index contributed by atoms with van der Waals surface area (Å²) in [4.78, 5) is 12.7. The number of amides is 1. The Kier molecular flexibility index (Phi) is 9.11. The van der Waals surface area contributed by atoms with Crippen molar-refractivity contribution in [1.29, 1.82) is 0 Å². The van der Waals surface area contributed by atoms with E-state index >= 15 is 0 Å². The number of benzene rings is 2. The number of carbonyl (C=O) groups excluding carboxylic acids is 1. The fraction of sp³-hybridized carbons (Fsp3) is 0.370. The van der Waals surface area contributed by atoms with Gasteiger partial charge in [-0.3, -0.25) is 4.79 Å². The Balaban J connectivity index is 1.52. The highest BCUT2D eigenvalue weighted by molar-refractivity contribution is 7.89. The second kappa shape index (κ2) is 12.3. The predicted octanol–water partition coefficient (Wildman–Crippen LogP) is 3.97. The summed E-state index contributed by atoms with van der Waals surface area (Å²) in [5.41, 5.74) is 0.477. The molecule has 1 saturated carbocycles. The molecule has 1 heterocycles. The summed E-state index contributed by atoms with van der Waals surface area (Å²) in [5.74, 6) is 0.637. The van der Waals surface area contributed by atoms with E-state index in [1.165, 1.54) is 37.6 Å².